The molecular weight excluding hydrogens is 715 g/mol. The summed E-state index contributed by atoms with van der Waals surface area (Å²) in [6.45, 7) is 4.56. The fourth-order valence-corrected chi connectivity index (χ4v) is 5.93. The standard InChI is InChI=1S/C49H81NO7/c1-6-8-10-12-14-16-18-20-22-23-24-26-27-29-31-33-35-37-39-47(51)56-44-45(43-55-42-41-46(49(53)54)50(3,4)5)57-48(52)40-38-36-34-32-30-28-25-21-19-17-15-13-11-9-7-2/h10,12,14-24,26,45-46H,6-9,11,13,25,27-44H2,1-5H3/p+1/b12-10+,16-14+,17-15+,20-18+,21-19+,23-22+,26-24+. The zero-order valence-corrected chi connectivity index (χ0v) is 36.8. The van der Waals surface area contributed by atoms with Crippen molar-refractivity contribution < 1.29 is 38.2 Å². The van der Waals surface area contributed by atoms with Crippen molar-refractivity contribution in [3.8, 4) is 0 Å². The summed E-state index contributed by atoms with van der Waals surface area (Å²) in [6.07, 6.45) is 50.4. The normalized spacial score (nSPS) is 13.8. The van der Waals surface area contributed by atoms with Crippen LogP contribution in [0.1, 0.15) is 155 Å². The predicted molar refractivity (Wildman–Crippen MR) is 238 cm³/mol. The number of hydrogen-bond donors (Lipinski definition) is 1. The number of carboxylic acid groups (broad SMARTS) is 1. The second kappa shape index (κ2) is 39.3. The molecule has 8 heteroatoms. The van der Waals surface area contributed by atoms with E-state index in [-0.39, 0.29) is 36.2 Å². The van der Waals surface area contributed by atoms with Gasteiger partial charge in [0.05, 0.1) is 34.4 Å². The van der Waals surface area contributed by atoms with E-state index in [4.69, 9.17) is 14.2 Å². The molecule has 0 rings (SSSR count). The largest absolute Gasteiger partial charge is 0.477 e. The summed E-state index contributed by atoms with van der Waals surface area (Å²) in [6, 6.07) is -0.625. The SMILES string of the molecule is CCC/C=C/C=C/C=C/C=C/C=C/CCCCCCCC(=O)OCC(COCCC(C(=O)O)[N+](C)(C)C)OC(=O)CCCCCCCC/C=C/C=C/CCCCC. The molecule has 2 unspecified atom stereocenters. The van der Waals surface area contributed by atoms with E-state index in [1.165, 1.54) is 38.5 Å². The minimum atomic E-state index is -0.885. The quantitative estimate of drug-likeness (QED) is 0.0287. The Hall–Kier alpha value is -3.49. The Morgan fingerprint density at radius 2 is 0.965 bits per heavy atom. The summed E-state index contributed by atoms with van der Waals surface area (Å²) in [5.74, 6) is -1.53. The highest BCUT2D eigenvalue weighted by molar-refractivity contribution is 5.72. The van der Waals surface area contributed by atoms with Crippen LogP contribution in [0.15, 0.2) is 85.1 Å². The van der Waals surface area contributed by atoms with Crippen LogP contribution in [0, 0.1) is 0 Å². The average molecular weight is 797 g/mol. The van der Waals surface area contributed by atoms with Crippen molar-refractivity contribution in [2.75, 3.05) is 41.0 Å². The Labute approximate surface area is 348 Å². The number of carbonyl (C=O) groups excluding carboxylic acids is 2. The third-order valence-corrected chi connectivity index (χ3v) is 9.40. The summed E-state index contributed by atoms with van der Waals surface area (Å²) >= 11 is 0. The second-order valence-electron chi connectivity index (χ2n) is 15.7. The Bertz CT molecular complexity index is 1200. The first-order valence-electron chi connectivity index (χ1n) is 22.2. The van der Waals surface area contributed by atoms with Gasteiger partial charge in [-0.15, -0.1) is 0 Å². The first kappa shape index (κ1) is 53.5. The topological polar surface area (TPSA) is 99.1 Å². The van der Waals surface area contributed by atoms with Crippen LogP contribution < -0.4 is 0 Å². The monoisotopic (exact) mass is 797 g/mol. The van der Waals surface area contributed by atoms with E-state index in [2.05, 4.69) is 62.5 Å². The van der Waals surface area contributed by atoms with Crippen LogP contribution in [0.2, 0.25) is 0 Å². The lowest BCUT2D eigenvalue weighted by atomic mass is 10.1. The Morgan fingerprint density at radius 1 is 0.526 bits per heavy atom. The smallest absolute Gasteiger partial charge is 0.362 e. The highest BCUT2D eigenvalue weighted by Gasteiger charge is 2.31. The van der Waals surface area contributed by atoms with E-state index in [0.717, 1.165) is 83.5 Å². The number of rotatable bonds is 38. The number of likely N-dealkylation sites (N-methyl/N-ethyl adjacent to an activating group) is 1. The van der Waals surface area contributed by atoms with Crippen molar-refractivity contribution in [2.24, 2.45) is 0 Å². The highest BCUT2D eigenvalue weighted by atomic mass is 16.6. The molecule has 0 amide bonds. The van der Waals surface area contributed by atoms with Crippen LogP contribution >= 0.6 is 0 Å². The number of nitrogens with zero attached hydrogens (tertiary/aromatic N) is 1. The van der Waals surface area contributed by atoms with Crippen molar-refractivity contribution in [3.63, 3.8) is 0 Å². The van der Waals surface area contributed by atoms with Gasteiger partial charge in [0.1, 0.15) is 6.61 Å². The third kappa shape index (κ3) is 37.8. The lowest BCUT2D eigenvalue weighted by Crippen LogP contribution is -2.50. The van der Waals surface area contributed by atoms with Crippen LogP contribution in [0.4, 0.5) is 0 Å². The molecule has 0 fully saturated rings. The van der Waals surface area contributed by atoms with E-state index >= 15 is 0 Å². The van der Waals surface area contributed by atoms with Gasteiger partial charge < -0.3 is 23.8 Å². The number of unbranched alkanes of at least 4 members (excludes halogenated alkanes) is 15. The second-order valence-corrected chi connectivity index (χ2v) is 15.7. The Balaban J connectivity index is 4.44. The summed E-state index contributed by atoms with van der Waals surface area (Å²) in [4.78, 5) is 37.0. The van der Waals surface area contributed by atoms with Crippen LogP contribution in [0.25, 0.3) is 0 Å². The van der Waals surface area contributed by atoms with Gasteiger partial charge in [-0.3, -0.25) is 9.59 Å². The molecular formula is C49H82NO7+. The van der Waals surface area contributed by atoms with Gasteiger partial charge in [0.25, 0.3) is 0 Å². The summed E-state index contributed by atoms with van der Waals surface area (Å²) in [7, 11) is 5.50. The molecule has 2 atom stereocenters. The number of ether oxygens (including phenoxy) is 3. The predicted octanol–water partition coefficient (Wildman–Crippen LogP) is 12.1. The molecule has 0 aromatic rings. The molecule has 1 N–H and O–H groups in total. The number of hydrogen-bond acceptors (Lipinski definition) is 6. The molecule has 0 aliphatic carbocycles. The van der Waals surface area contributed by atoms with Crippen LogP contribution in [0.3, 0.4) is 0 Å². The van der Waals surface area contributed by atoms with E-state index in [0.29, 0.717) is 19.3 Å². The van der Waals surface area contributed by atoms with E-state index in [9.17, 15) is 19.5 Å². The minimum Gasteiger partial charge on any atom is -0.477 e. The summed E-state index contributed by atoms with van der Waals surface area (Å²) in [5.41, 5.74) is 0. The van der Waals surface area contributed by atoms with E-state index in [1.807, 2.05) is 57.6 Å². The Morgan fingerprint density at radius 3 is 1.46 bits per heavy atom. The lowest BCUT2D eigenvalue weighted by Gasteiger charge is -2.31. The van der Waals surface area contributed by atoms with Gasteiger partial charge in [-0.05, 0) is 57.8 Å². The van der Waals surface area contributed by atoms with E-state index < -0.39 is 18.1 Å². The molecule has 0 bridgehead atoms. The van der Waals surface area contributed by atoms with Gasteiger partial charge in [-0.2, -0.15) is 0 Å². The number of quaternary nitrogens is 1. The van der Waals surface area contributed by atoms with E-state index in [1.54, 1.807) is 0 Å². The van der Waals surface area contributed by atoms with Gasteiger partial charge >= 0.3 is 17.9 Å². The van der Waals surface area contributed by atoms with Gasteiger partial charge in [0.15, 0.2) is 12.1 Å². The molecule has 324 valence electrons. The summed E-state index contributed by atoms with van der Waals surface area (Å²) < 4.78 is 17.2. The molecule has 0 aromatic carbocycles. The minimum absolute atomic E-state index is 0.0425. The first-order valence-corrected chi connectivity index (χ1v) is 22.2. The molecule has 8 nitrogen and oxygen atoms in total. The molecule has 0 aromatic heterocycles. The molecule has 0 spiro atoms. The zero-order valence-electron chi connectivity index (χ0n) is 36.8. The maximum absolute atomic E-state index is 12.7. The van der Waals surface area contributed by atoms with Crippen LogP contribution in [-0.2, 0) is 28.6 Å². The number of allylic oxidation sites excluding steroid dienone is 14. The van der Waals surface area contributed by atoms with Crippen molar-refractivity contribution in [1.29, 1.82) is 0 Å². The highest BCUT2D eigenvalue weighted by Crippen LogP contribution is 2.13. The maximum atomic E-state index is 12.7. The molecule has 0 heterocycles. The van der Waals surface area contributed by atoms with Crippen LogP contribution in [0.5, 0.6) is 0 Å². The van der Waals surface area contributed by atoms with Gasteiger partial charge in [-0.25, -0.2) is 4.79 Å². The molecule has 57 heavy (non-hydrogen) atoms. The average Bonchev–Trinajstić information content (AvgIpc) is 3.17. The molecule has 0 aliphatic heterocycles. The number of aliphatic carboxylic acids is 1. The summed E-state index contributed by atoms with van der Waals surface area (Å²) in [5, 5.41) is 9.62. The van der Waals surface area contributed by atoms with Gasteiger partial charge in [0, 0.05) is 19.3 Å². The Kier molecular flexibility index (Phi) is 36.9. The van der Waals surface area contributed by atoms with Crippen molar-refractivity contribution in [1.82, 2.24) is 0 Å². The fraction of sp³-hybridized carbons (Fsp3) is 0.653. The molecule has 0 radical (unpaired) electrons. The lowest BCUT2D eigenvalue weighted by molar-refractivity contribution is -0.887. The third-order valence-electron chi connectivity index (χ3n) is 9.40. The number of esters is 2. The van der Waals surface area contributed by atoms with Gasteiger partial charge in [-0.1, -0.05) is 163 Å². The number of carbonyl (C=O) groups is 3. The van der Waals surface area contributed by atoms with Gasteiger partial charge in [0.2, 0.25) is 0 Å². The fourth-order valence-electron chi connectivity index (χ4n) is 5.93. The first-order chi connectivity index (χ1) is 27.6. The molecule has 0 saturated carbocycles. The number of carboxylic acids is 1. The van der Waals surface area contributed by atoms with Crippen molar-refractivity contribution >= 4 is 17.9 Å². The maximum Gasteiger partial charge on any atom is 0.362 e. The van der Waals surface area contributed by atoms with Crippen LogP contribution in [-0.4, -0.2) is 80.6 Å². The molecule has 0 saturated heterocycles. The van der Waals surface area contributed by atoms with Crippen molar-refractivity contribution in [3.05, 3.63) is 85.1 Å². The van der Waals surface area contributed by atoms with Crippen molar-refractivity contribution in [2.45, 2.75) is 167 Å². The molecule has 0 aliphatic rings. The zero-order chi connectivity index (χ0) is 42.1.